The van der Waals surface area contributed by atoms with Crippen LogP contribution in [-0.2, 0) is 86.0 Å². The number of benzene rings is 3. The van der Waals surface area contributed by atoms with E-state index < -0.39 is 103 Å². The first-order chi connectivity index (χ1) is 66.7. The standard InChI is InChI=1S/C55H85BrN8O10.C50H80N8O9/c1-15-35(6)49(63(12)54(70)47(33(2)3)59-53(69)48(34(4)5)62(10)11)44(72-13)30-42(65)32-64-29-19-22-43(64)50(73-14)36(7)52(68)58-38(9)51(40-20-17-16-18-21-40)74-55(71)41-25-23-39(24-26-41)37(8)60-61-45(66)27-28-57-46(67)31-56;1-14-33(6)46(56(11)50(65)43(31(2)3)52-49(64)45(32(4)5)55(9)10)38(66-12)30-42(62)57-29-21-24-37(57)47(67-13)34(7)48(63)51-35(8)44(36-22-17-15-18-23-36)54-53-39(59)25-19-16-20-28-58-40(60)26-27-41(58)61/h16-18,20-21,23-26,33-36,38,43-44,47-51H,15,19,22,27-32H2,1-14H3,(H,57,67)(H,58,68)(H,59,69)(H,61,66);15,17-18,22-23,26-27,31-35,37-38,43,45-47H,14,16,19-21,24-25,28-30H2,1-13H3,(H,51,63)(H,52,64)(H,53,59)/b60-37+;54-44-/t35-,36+,38+,43-,44+,47-,48-,49-,50+,51+;33-,34+,35+,37-,38+,43-,45-,46-,47+/m00/s1. The van der Waals surface area contributed by atoms with E-state index >= 15 is 0 Å². The molecule has 0 spiro atoms. The van der Waals surface area contributed by atoms with E-state index in [1.54, 1.807) is 109 Å². The molecule has 3 aliphatic heterocycles. The number of alkyl halides is 1. The van der Waals surface area contributed by atoms with Crippen LogP contribution in [0, 0.1) is 47.3 Å². The summed E-state index contributed by atoms with van der Waals surface area (Å²) in [6.07, 6.45) is 5.40. The van der Waals surface area contributed by atoms with Crippen LogP contribution in [0.2, 0.25) is 0 Å². The highest BCUT2D eigenvalue weighted by Crippen LogP contribution is 2.34. The summed E-state index contributed by atoms with van der Waals surface area (Å²) in [5, 5.41) is 23.6. The number of nitrogens with one attached hydrogen (secondary N) is 7. The van der Waals surface area contributed by atoms with Gasteiger partial charge in [0.1, 0.15) is 24.0 Å². The summed E-state index contributed by atoms with van der Waals surface area (Å²) in [5.74, 6) is -5.77. The first-order valence-corrected chi connectivity index (χ1v) is 51.0. The normalized spacial score (nSPS) is 18.4. The van der Waals surface area contributed by atoms with Gasteiger partial charge in [-0.2, -0.15) is 10.2 Å². The Kier molecular flexibility index (Phi) is 52.1. The highest BCUT2D eigenvalue weighted by Gasteiger charge is 2.47. The fraction of sp³-hybridized carbons (Fsp3) is 0.657. The van der Waals surface area contributed by atoms with Crippen LogP contribution in [0.25, 0.3) is 0 Å². The van der Waals surface area contributed by atoms with Crippen LogP contribution >= 0.6 is 15.9 Å². The van der Waals surface area contributed by atoms with Gasteiger partial charge in [0.2, 0.25) is 59.1 Å². The molecule has 3 aliphatic rings. The number of carbonyl (C=O) groups is 14. The van der Waals surface area contributed by atoms with Crippen LogP contribution in [0.4, 0.5) is 0 Å². The van der Waals surface area contributed by atoms with Crippen LogP contribution < -0.4 is 37.4 Å². The molecule has 0 radical (unpaired) electrons. The molecule has 0 bridgehead atoms. The van der Waals surface area contributed by atoms with Gasteiger partial charge in [-0.1, -0.05) is 205 Å². The second-order valence-corrected chi connectivity index (χ2v) is 40.1. The average molecular weight is 2040 g/mol. The van der Waals surface area contributed by atoms with E-state index in [2.05, 4.69) is 68.5 Å². The molecule has 0 unspecified atom stereocenters. The number of hydrazone groups is 2. The van der Waals surface area contributed by atoms with Crippen molar-refractivity contribution >= 4 is 110 Å². The zero-order chi connectivity index (χ0) is 106. The third-order valence-corrected chi connectivity index (χ3v) is 27.8. The highest BCUT2D eigenvalue weighted by molar-refractivity contribution is 9.09. The van der Waals surface area contributed by atoms with Crippen molar-refractivity contribution in [3.63, 3.8) is 0 Å². The average Bonchev–Trinajstić information content (AvgIpc) is 1.78. The van der Waals surface area contributed by atoms with Crippen LogP contribution in [-0.4, -0.2) is 322 Å². The minimum absolute atomic E-state index is 0.0105. The molecule has 6 rings (SSSR count). The van der Waals surface area contributed by atoms with E-state index in [1.807, 2.05) is 182 Å². The molecule has 0 aromatic heterocycles. The van der Waals surface area contributed by atoms with Gasteiger partial charge in [0.25, 0.3) is 11.8 Å². The largest absolute Gasteiger partial charge is 0.452 e. The molecule has 3 aromatic carbocycles. The molecule has 2 fully saturated rings. The molecule has 2 saturated heterocycles. The Labute approximate surface area is 845 Å². The zero-order valence-corrected chi connectivity index (χ0v) is 90.2. The van der Waals surface area contributed by atoms with Gasteiger partial charge in [0, 0.05) is 99.6 Å². The Morgan fingerprint density at radius 2 is 0.972 bits per heavy atom. The van der Waals surface area contributed by atoms with E-state index in [0.717, 1.165) is 12.8 Å². The van der Waals surface area contributed by atoms with E-state index in [-0.39, 0.29) is 168 Å². The van der Waals surface area contributed by atoms with Gasteiger partial charge in [-0.05, 0) is 158 Å². The van der Waals surface area contributed by atoms with Crippen LogP contribution in [0.15, 0.2) is 107 Å². The lowest BCUT2D eigenvalue weighted by Crippen LogP contribution is -2.59. The minimum atomic E-state index is -0.864. The van der Waals surface area contributed by atoms with Crippen molar-refractivity contribution in [3.8, 4) is 0 Å². The van der Waals surface area contributed by atoms with Crippen LogP contribution in [0.3, 0.4) is 0 Å². The van der Waals surface area contributed by atoms with Gasteiger partial charge in [0.05, 0.1) is 114 Å². The Balaban J connectivity index is 0.000000499. The number of nitrogens with zero attached hydrogens (tertiary/aromatic N) is 9. The third kappa shape index (κ3) is 36.0. The number of halogens is 1. The summed E-state index contributed by atoms with van der Waals surface area (Å²) in [7, 11) is 17.1. The van der Waals surface area contributed by atoms with E-state index in [4.69, 9.17) is 23.7 Å². The number of hydrogen-bond donors (Lipinski definition) is 7. The lowest BCUT2D eigenvalue weighted by Gasteiger charge is -2.41. The minimum Gasteiger partial charge on any atom is -0.452 e. The fourth-order valence-electron chi connectivity index (χ4n) is 19.2. The summed E-state index contributed by atoms with van der Waals surface area (Å²) in [4.78, 5) is 198. The first kappa shape index (κ1) is 121. The van der Waals surface area contributed by atoms with Gasteiger partial charge in [-0.15, -0.1) is 0 Å². The Hall–Kier alpha value is -10.1. The van der Waals surface area contributed by atoms with Crippen LogP contribution in [0.1, 0.15) is 234 Å². The van der Waals surface area contributed by atoms with Crippen molar-refractivity contribution in [2.75, 3.05) is 109 Å². The maximum absolute atomic E-state index is 14.4. The van der Waals surface area contributed by atoms with Crippen molar-refractivity contribution in [2.45, 2.75) is 292 Å². The molecule has 7 N–H and O–H groups in total. The fourth-order valence-corrected chi connectivity index (χ4v) is 19.4. The quantitative estimate of drug-likeness (QED) is 0.00690. The number of likely N-dealkylation sites (tertiary alicyclic amines) is 2. The monoisotopic (exact) mass is 2030 g/mol. The van der Waals surface area contributed by atoms with Crippen molar-refractivity contribution in [1.82, 2.24) is 71.7 Å². The second kappa shape index (κ2) is 60.5. The smallest absolute Gasteiger partial charge is 0.338 e. The van der Waals surface area contributed by atoms with Crippen molar-refractivity contribution < 1.29 is 90.8 Å². The van der Waals surface area contributed by atoms with E-state index in [0.29, 0.717) is 92.7 Å². The topological polar surface area (TPSA) is 417 Å². The molecule has 12 amide bonds. The number of carbonyl (C=O) groups excluding carboxylic acids is 14. The SMILES string of the molecule is CC[C@H](C)[C@@H]([C@@H](CC(=O)CN1CCC[C@H]1[C@H](OC)[C@@H](C)C(=O)N[C@H](C)[C@@H](OC(=O)c1ccc(/C(C)=N/NC(=O)CCNC(=O)CBr)cc1)c1ccccc1)OC)N(C)C(=O)[C@@H](NC(=O)[C@H](C(C)C)N(C)C)C(C)C.CC[C@H](C)[C@@H]([C@@H](CC(=O)N1CCC[C@H]1[C@H](OC)[C@@H](C)C(=O)N[C@H](C)/C(=N/NC(=O)CCCCCN1C(=O)C=CC1=O)c1ccccc1)OC)N(C)C(=O)[C@@H](NC(=O)[C@H](C(C)C)N(C)C)C(C)C. The molecule has 141 heavy (non-hydrogen) atoms. The predicted molar refractivity (Wildman–Crippen MR) is 549 cm³/mol. The van der Waals surface area contributed by atoms with Gasteiger partial charge in [-0.3, -0.25) is 81.9 Å². The number of hydrogen-bond acceptors (Lipinski definition) is 24. The number of methoxy groups -OCH3 is 4. The number of esters is 1. The Morgan fingerprint density at radius 3 is 1.45 bits per heavy atom. The summed E-state index contributed by atoms with van der Waals surface area (Å²) < 4.78 is 30.3. The molecular formula is C105H165BrN16O19. The summed E-state index contributed by atoms with van der Waals surface area (Å²) in [5.41, 5.74) is 8.37. The molecule has 786 valence electrons. The summed E-state index contributed by atoms with van der Waals surface area (Å²) in [6.45, 7) is 34.2. The summed E-state index contributed by atoms with van der Waals surface area (Å²) in [6, 6.07) is 19.6. The number of ketones is 1. The number of imide groups is 1. The van der Waals surface area contributed by atoms with E-state index in [9.17, 15) is 67.1 Å². The number of likely N-dealkylation sites (N-methyl/N-ethyl adjacent to an activating group) is 4. The Morgan fingerprint density at radius 1 is 0.504 bits per heavy atom. The van der Waals surface area contributed by atoms with Gasteiger partial charge in [0.15, 0.2) is 0 Å². The molecule has 3 heterocycles. The second-order valence-electron chi connectivity index (χ2n) is 39.5. The molecule has 0 aliphatic carbocycles. The molecule has 35 nitrogen and oxygen atoms in total. The first-order valence-electron chi connectivity index (χ1n) is 49.9. The lowest BCUT2D eigenvalue weighted by atomic mass is 9.89. The highest BCUT2D eigenvalue weighted by atomic mass is 79.9. The van der Waals surface area contributed by atoms with E-state index in [1.165, 1.54) is 24.2 Å². The number of amides is 12. The Bertz CT molecular complexity index is 4600. The van der Waals surface area contributed by atoms with Gasteiger partial charge in [-0.25, -0.2) is 15.6 Å². The van der Waals surface area contributed by atoms with Gasteiger partial charge < -0.3 is 65.0 Å². The predicted octanol–water partition coefficient (Wildman–Crippen LogP) is 9.66. The van der Waals surface area contributed by atoms with Crippen molar-refractivity contribution in [2.24, 2.45) is 57.5 Å². The number of unbranched alkanes of at least 4 members (excludes halogenated alkanes) is 2. The maximum atomic E-state index is 14.4. The van der Waals surface area contributed by atoms with Gasteiger partial charge >= 0.3 is 5.97 Å². The molecule has 0 saturated carbocycles. The molecule has 36 heteroatoms. The molecule has 3 aromatic rings. The third-order valence-electron chi connectivity index (χ3n) is 27.3. The lowest BCUT2D eigenvalue weighted by molar-refractivity contribution is -0.148. The number of ether oxygens (including phenoxy) is 5. The number of Topliss-reactive ketones (excluding diaryl/α,β-unsaturated/α-hetero) is 1. The number of rotatable bonds is 57. The maximum Gasteiger partial charge on any atom is 0.338 e. The van der Waals surface area contributed by atoms with Crippen LogP contribution in [0.5, 0.6) is 0 Å². The summed E-state index contributed by atoms with van der Waals surface area (Å²) >= 11 is 3.06. The molecule has 19 atom stereocenters. The zero-order valence-electron chi connectivity index (χ0n) is 88.6. The molecular weight excluding hydrogens is 1870 g/mol. The van der Waals surface area contributed by atoms with Crippen molar-refractivity contribution in [1.29, 1.82) is 0 Å². The van der Waals surface area contributed by atoms with Crippen molar-refractivity contribution in [3.05, 3.63) is 119 Å².